The predicted octanol–water partition coefficient (Wildman–Crippen LogP) is 13.7. The van der Waals surface area contributed by atoms with Gasteiger partial charge in [0.1, 0.15) is 11.2 Å². The third-order valence-corrected chi connectivity index (χ3v) is 14.3. The van der Waals surface area contributed by atoms with E-state index in [1.165, 1.54) is 49.8 Å². The summed E-state index contributed by atoms with van der Waals surface area (Å²) in [6, 6.07) is 41.2. The molecule has 0 N–H and O–H groups in total. The van der Waals surface area contributed by atoms with Crippen molar-refractivity contribution in [1.82, 2.24) is 0 Å². The number of para-hydroxylation sites is 2. The van der Waals surface area contributed by atoms with Gasteiger partial charge in [0.2, 0.25) is 0 Å². The maximum absolute atomic E-state index is 7.48. The summed E-state index contributed by atoms with van der Waals surface area (Å²) in [6.45, 7) is 25.6. The molecule has 4 heterocycles. The molecule has 11 rings (SSSR count). The van der Waals surface area contributed by atoms with Crippen LogP contribution in [0.1, 0.15) is 110 Å². The molecule has 6 aromatic carbocycles. The number of hydrogen-bond acceptors (Lipinski definition) is 4. The molecule has 60 heavy (non-hydrogen) atoms. The van der Waals surface area contributed by atoms with Crippen LogP contribution in [-0.2, 0) is 21.7 Å². The molecule has 0 bridgehead atoms. The van der Waals surface area contributed by atoms with Crippen LogP contribution in [0.5, 0.6) is 0 Å². The second kappa shape index (κ2) is 12.2. The normalized spacial score (nSPS) is 16.6. The van der Waals surface area contributed by atoms with Crippen LogP contribution in [0.15, 0.2) is 118 Å². The first-order valence-electron chi connectivity index (χ1n) is 21.9. The Labute approximate surface area is 355 Å². The zero-order valence-corrected chi connectivity index (χ0v) is 37.1. The van der Waals surface area contributed by atoms with Crippen LogP contribution >= 0.6 is 0 Å². The lowest BCUT2D eigenvalue weighted by molar-refractivity contribution is 0.332. The van der Waals surface area contributed by atoms with E-state index in [1.54, 1.807) is 0 Å². The molecule has 5 heteroatoms. The maximum Gasteiger partial charge on any atom is 0.297 e. The van der Waals surface area contributed by atoms with Gasteiger partial charge in [-0.15, -0.1) is 0 Å². The predicted molar refractivity (Wildman–Crippen MR) is 255 cm³/mol. The van der Waals surface area contributed by atoms with Gasteiger partial charge in [-0.1, -0.05) is 124 Å². The van der Waals surface area contributed by atoms with Crippen molar-refractivity contribution in [3.05, 3.63) is 137 Å². The van der Waals surface area contributed by atoms with E-state index in [-0.39, 0.29) is 28.4 Å². The monoisotopic (exact) mass is 786 g/mol. The van der Waals surface area contributed by atoms with Crippen LogP contribution in [0.3, 0.4) is 0 Å². The summed E-state index contributed by atoms with van der Waals surface area (Å²) in [5.74, 6) is 0. The molecule has 0 saturated heterocycles. The van der Waals surface area contributed by atoms with E-state index in [0.29, 0.717) is 0 Å². The summed E-state index contributed by atoms with van der Waals surface area (Å²) in [5, 5.41) is 3.44. The Morgan fingerprint density at radius 1 is 0.550 bits per heavy atom. The average molecular weight is 787 g/mol. The molecule has 300 valence electrons. The first-order chi connectivity index (χ1) is 28.4. The highest BCUT2D eigenvalue weighted by Gasteiger charge is 2.48. The van der Waals surface area contributed by atoms with Crippen molar-refractivity contribution in [2.75, 3.05) is 9.80 Å². The van der Waals surface area contributed by atoms with E-state index >= 15 is 0 Å². The average Bonchev–Trinajstić information content (AvgIpc) is 3.77. The summed E-state index contributed by atoms with van der Waals surface area (Å²) in [6.07, 6.45) is 2.31. The van der Waals surface area contributed by atoms with Crippen molar-refractivity contribution < 1.29 is 8.83 Å². The van der Waals surface area contributed by atoms with Crippen molar-refractivity contribution in [2.24, 2.45) is 0 Å². The highest BCUT2D eigenvalue weighted by atomic mass is 16.3. The van der Waals surface area contributed by atoms with E-state index in [9.17, 15) is 0 Å². The van der Waals surface area contributed by atoms with Gasteiger partial charge in [0.05, 0.1) is 17.0 Å². The van der Waals surface area contributed by atoms with Crippen LogP contribution in [0.2, 0.25) is 0 Å². The van der Waals surface area contributed by atoms with E-state index in [1.807, 2.05) is 0 Å². The third kappa shape index (κ3) is 5.30. The minimum absolute atomic E-state index is 0.0333. The molecule has 0 unspecified atom stereocenters. The lowest BCUT2D eigenvalue weighted by atomic mass is 9.35. The second-order valence-electron chi connectivity index (χ2n) is 21.4. The van der Waals surface area contributed by atoms with Crippen LogP contribution in [0.25, 0.3) is 32.9 Å². The van der Waals surface area contributed by atoms with Gasteiger partial charge in [0, 0.05) is 38.9 Å². The Morgan fingerprint density at radius 3 is 1.88 bits per heavy atom. The van der Waals surface area contributed by atoms with Crippen molar-refractivity contribution >= 4 is 90.3 Å². The van der Waals surface area contributed by atoms with Gasteiger partial charge in [-0.25, -0.2) is 0 Å². The number of rotatable bonds is 2. The van der Waals surface area contributed by atoms with Crippen molar-refractivity contribution in [2.45, 2.75) is 111 Å². The van der Waals surface area contributed by atoms with E-state index in [4.69, 9.17) is 8.83 Å². The molecule has 0 saturated carbocycles. The number of furan rings is 2. The van der Waals surface area contributed by atoms with E-state index in [2.05, 4.69) is 195 Å². The summed E-state index contributed by atoms with van der Waals surface area (Å²) in [5.41, 5.74) is 19.9. The minimum atomic E-state index is -0.135. The topological polar surface area (TPSA) is 32.8 Å². The standard InChI is InChI=1S/C55H55BN2O2/c1-32-27-44-48-45(28-32)58(43-17-14-16-37-36-15-12-13-18-46(36)59-50(37)43)42-24-21-34(53(5,6)7)29-41(42)56(48)51-49(57(44)35-22-19-33(20-23-35)52(2,3)4)38-30-39-40(31-47(38)60-51)55(10,11)26-25-54(39,8)9/h12-24,27-31H,25-26H2,1-11H3. The number of nitrogens with zero attached hydrogens (tertiary/aromatic N) is 2. The molecule has 0 radical (unpaired) electrons. The van der Waals surface area contributed by atoms with Gasteiger partial charge in [-0.2, -0.15) is 0 Å². The second-order valence-corrected chi connectivity index (χ2v) is 21.4. The Balaban J connectivity index is 1.27. The number of anilines is 6. The number of aryl methyl sites for hydroxylation is 1. The molecule has 4 nitrogen and oxygen atoms in total. The molecule has 0 amide bonds. The van der Waals surface area contributed by atoms with Gasteiger partial charge >= 0.3 is 0 Å². The molecule has 3 aliphatic rings. The molecular weight excluding hydrogens is 731 g/mol. The molecule has 8 aromatic rings. The number of benzene rings is 6. The quantitative estimate of drug-likeness (QED) is 0.163. The SMILES string of the molecule is Cc1cc2c3c(c1)N(c1cccc4c1oc1ccccc14)c1ccc(C(C)(C)C)cc1B3c1oc3cc4c(cc3c1N2c1ccc(C(C)(C)C)cc1)C(C)(C)CCC4(C)C. The molecule has 0 spiro atoms. The Morgan fingerprint density at radius 2 is 1.18 bits per heavy atom. The Bertz CT molecular complexity index is 3090. The van der Waals surface area contributed by atoms with Crippen LogP contribution < -0.4 is 26.4 Å². The number of fused-ring (bicyclic) bond motifs is 10. The van der Waals surface area contributed by atoms with Crippen molar-refractivity contribution in [3.8, 4) is 0 Å². The largest absolute Gasteiger partial charge is 0.468 e. The highest BCUT2D eigenvalue weighted by Crippen LogP contribution is 2.52. The minimum Gasteiger partial charge on any atom is -0.468 e. The van der Waals surface area contributed by atoms with Crippen LogP contribution in [-0.4, -0.2) is 6.71 Å². The first kappa shape index (κ1) is 37.3. The summed E-state index contributed by atoms with van der Waals surface area (Å²) >= 11 is 0. The summed E-state index contributed by atoms with van der Waals surface area (Å²) in [7, 11) is 0. The summed E-state index contributed by atoms with van der Waals surface area (Å²) in [4.78, 5) is 5.01. The molecule has 2 aromatic heterocycles. The highest BCUT2D eigenvalue weighted by molar-refractivity contribution is 7.00. The summed E-state index contributed by atoms with van der Waals surface area (Å²) < 4.78 is 14.3. The maximum atomic E-state index is 7.48. The third-order valence-electron chi connectivity index (χ3n) is 14.3. The lowest BCUT2D eigenvalue weighted by Gasteiger charge is -2.43. The smallest absolute Gasteiger partial charge is 0.297 e. The fourth-order valence-corrected chi connectivity index (χ4v) is 10.7. The molecule has 1 aliphatic carbocycles. The Kier molecular flexibility index (Phi) is 7.60. The molecule has 0 atom stereocenters. The Hall–Kier alpha value is -5.68. The van der Waals surface area contributed by atoms with Crippen LogP contribution in [0, 0.1) is 6.92 Å². The zero-order chi connectivity index (χ0) is 41.8. The van der Waals surface area contributed by atoms with Gasteiger partial charge in [-0.05, 0) is 135 Å². The first-order valence-corrected chi connectivity index (χ1v) is 21.9. The van der Waals surface area contributed by atoms with Crippen LogP contribution in [0.4, 0.5) is 34.1 Å². The van der Waals surface area contributed by atoms with Gasteiger partial charge in [-0.3, -0.25) is 0 Å². The van der Waals surface area contributed by atoms with Gasteiger partial charge < -0.3 is 18.6 Å². The number of hydrogen-bond donors (Lipinski definition) is 0. The molecular formula is C55H55BN2O2. The lowest BCUT2D eigenvalue weighted by Crippen LogP contribution is -2.61. The molecule has 2 aliphatic heterocycles. The molecule has 0 fully saturated rings. The van der Waals surface area contributed by atoms with Gasteiger partial charge in [0.15, 0.2) is 5.58 Å². The fraction of sp³-hybridized carbons (Fsp3) is 0.309. The fourth-order valence-electron chi connectivity index (χ4n) is 10.7. The van der Waals surface area contributed by atoms with Crippen molar-refractivity contribution in [3.63, 3.8) is 0 Å². The van der Waals surface area contributed by atoms with E-state index in [0.717, 1.165) is 74.5 Å². The van der Waals surface area contributed by atoms with Crippen molar-refractivity contribution in [1.29, 1.82) is 0 Å². The van der Waals surface area contributed by atoms with E-state index < -0.39 is 0 Å². The van der Waals surface area contributed by atoms with Gasteiger partial charge in [0.25, 0.3) is 6.71 Å². The zero-order valence-electron chi connectivity index (χ0n) is 37.1.